The van der Waals surface area contributed by atoms with Gasteiger partial charge in [-0.25, -0.2) is 9.97 Å². The molecule has 0 bridgehead atoms. The summed E-state index contributed by atoms with van der Waals surface area (Å²) in [6.45, 7) is 2.07. The van der Waals surface area contributed by atoms with Gasteiger partial charge >= 0.3 is 0 Å². The van der Waals surface area contributed by atoms with E-state index in [0.29, 0.717) is 5.78 Å². The van der Waals surface area contributed by atoms with Crippen molar-refractivity contribution in [1.82, 2.24) is 14.4 Å². The molecule has 0 aliphatic rings. The highest BCUT2D eigenvalue weighted by molar-refractivity contribution is 9.10. The Balaban J connectivity index is 2.24. The number of fused-ring (bicyclic) bond motifs is 1. The average molecular weight is 288 g/mol. The molecule has 0 spiro atoms. The van der Waals surface area contributed by atoms with Crippen molar-refractivity contribution in [2.24, 2.45) is 0 Å². The lowest BCUT2D eigenvalue weighted by Gasteiger charge is -1.98. The second-order valence-electron chi connectivity index (χ2n) is 3.91. The van der Waals surface area contributed by atoms with Gasteiger partial charge in [-0.1, -0.05) is 29.8 Å². The molecule has 0 aliphatic carbocycles. The summed E-state index contributed by atoms with van der Waals surface area (Å²) in [5.74, 6) is 0.704. The Kier molecular flexibility index (Phi) is 2.44. The van der Waals surface area contributed by atoms with Gasteiger partial charge in [-0.3, -0.25) is 4.40 Å². The first-order valence-corrected chi connectivity index (χ1v) is 6.10. The Morgan fingerprint density at radius 2 is 1.94 bits per heavy atom. The molecule has 0 unspecified atom stereocenters. The zero-order valence-electron chi connectivity index (χ0n) is 9.26. The van der Waals surface area contributed by atoms with Gasteiger partial charge in [0.25, 0.3) is 0 Å². The van der Waals surface area contributed by atoms with E-state index in [1.807, 2.05) is 16.7 Å². The third-order valence-electron chi connectivity index (χ3n) is 2.67. The minimum atomic E-state index is 0.704. The zero-order valence-corrected chi connectivity index (χ0v) is 10.8. The Morgan fingerprint density at radius 1 is 1.18 bits per heavy atom. The van der Waals surface area contributed by atoms with Crippen LogP contribution in [-0.2, 0) is 0 Å². The molecular formula is C13H10BrN3. The van der Waals surface area contributed by atoms with Gasteiger partial charge in [0.1, 0.15) is 10.3 Å². The van der Waals surface area contributed by atoms with Gasteiger partial charge in [-0.05, 0) is 28.9 Å². The molecule has 84 valence electrons. The van der Waals surface area contributed by atoms with E-state index in [2.05, 4.69) is 57.1 Å². The summed E-state index contributed by atoms with van der Waals surface area (Å²) in [6.07, 6.45) is 3.69. The second kappa shape index (κ2) is 3.96. The van der Waals surface area contributed by atoms with Crippen LogP contribution in [0.1, 0.15) is 5.56 Å². The van der Waals surface area contributed by atoms with Crippen LogP contribution in [0, 0.1) is 6.92 Å². The number of nitrogens with zero attached hydrogens (tertiary/aromatic N) is 3. The molecule has 0 aliphatic heterocycles. The van der Waals surface area contributed by atoms with Crippen LogP contribution in [0.4, 0.5) is 0 Å². The lowest BCUT2D eigenvalue weighted by atomic mass is 10.1. The number of imidazole rings is 1. The number of hydrogen-bond acceptors (Lipinski definition) is 2. The molecule has 4 heteroatoms. The topological polar surface area (TPSA) is 30.2 Å². The Labute approximate surface area is 107 Å². The van der Waals surface area contributed by atoms with Crippen LogP contribution in [-0.4, -0.2) is 14.4 Å². The molecule has 0 saturated carbocycles. The van der Waals surface area contributed by atoms with E-state index in [-0.39, 0.29) is 0 Å². The quantitative estimate of drug-likeness (QED) is 0.686. The molecule has 0 N–H and O–H groups in total. The predicted molar refractivity (Wildman–Crippen MR) is 70.9 cm³/mol. The molecule has 2 aromatic heterocycles. The highest BCUT2D eigenvalue weighted by Crippen LogP contribution is 2.28. The molecule has 0 atom stereocenters. The molecule has 0 fully saturated rings. The van der Waals surface area contributed by atoms with Crippen LogP contribution >= 0.6 is 15.9 Å². The number of aromatic nitrogens is 3. The second-order valence-corrected chi connectivity index (χ2v) is 4.66. The average Bonchev–Trinajstić information content (AvgIpc) is 2.69. The maximum atomic E-state index is 4.52. The van der Waals surface area contributed by atoms with Gasteiger partial charge < -0.3 is 0 Å². The highest BCUT2D eigenvalue weighted by atomic mass is 79.9. The smallest absolute Gasteiger partial charge is 0.235 e. The van der Waals surface area contributed by atoms with Crippen LogP contribution in [0.3, 0.4) is 0 Å². The minimum Gasteiger partial charge on any atom is -0.277 e. The van der Waals surface area contributed by atoms with Crippen LogP contribution in [0.25, 0.3) is 17.0 Å². The van der Waals surface area contributed by atoms with Crippen molar-refractivity contribution in [1.29, 1.82) is 0 Å². The number of hydrogen-bond donors (Lipinski definition) is 0. The van der Waals surface area contributed by atoms with Gasteiger partial charge in [-0.2, -0.15) is 0 Å². The normalized spacial score (nSPS) is 10.9. The number of rotatable bonds is 1. The van der Waals surface area contributed by atoms with Crippen molar-refractivity contribution in [3.8, 4) is 11.3 Å². The molecule has 0 saturated heterocycles. The molecule has 3 nitrogen and oxygen atoms in total. The molecule has 3 aromatic rings. The van der Waals surface area contributed by atoms with E-state index < -0.39 is 0 Å². The number of aryl methyl sites for hydroxylation is 1. The number of halogens is 1. The van der Waals surface area contributed by atoms with Crippen LogP contribution in [0.15, 0.2) is 47.3 Å². The first-order valence-electron chi connectivity index (χ1n) is 5.31. The first-order chi connectivity index (χ1) is 8.25. The van der Waals surface area contributed by atoms with Crippen molar-refractivity contribution >= 4 is 21.7 Å². The van der Waals surface area contributed by atoms with Crippen molar-refractivity contribution in [3.63, 3.8) is 0 Å². The fourth-order valence-corrected chi connectivity index (χ4v) is 2.35. The van der Waals surface area contributed by atoms with Crippen molar-refractivity contribution in [2.75, 3.05) is 0 Å². The van der Waals surface area contributed by atoms with Crippen LogP contribution in [0.2, 0.25) is 0 Å². The van der Waals surface area contributed by atoms with E-state index in [1.165, 1.54) is 5.56 Å². The van der Waals surface area contributed by atoms with E-state index in [1.54, 1.807) is 6.20 Å². The van der Waals surface area contributed by atoms with Crippen LogP contribution in [0.5, 0.6) is 0 Å². The maximum Gasteiger partial charge on any atom is 0.235 e. The maximum absolute atomic E-state index is 4.52. The molecule has 0 amide bonds. The van der Waals surface area contributed by atoms with Gasteiger partial charge in [-0.15, -0.1) is 0 Å². The predicted octanol–water partition coefficient (Wildman–Crippen LogP) is 3.47. The van der Waals surface area contributed by atoms with Crippen molar-refractivity contribution in [2.45, 2.75) is 6.92 Å². The molecule has 17 heavy (non-hydrogen) atoms. The fraction of sp³-hybridized carbons (Fsp3) is 0.0769. The minimum absolute atomic E-state index is 0.704. The largest absolute Gasteiger partial charge is 0.277 e. The lowest BCUT2D eigenvalue weighted by Crippen LogP contribution is -1.85. The standard InChI is InChI=1S/C13H10BrN3/c1-9-3-5-10(6-4-9)11-12(14)17-8-2-7-15-13(17)16-11/h2-8H,1H3. The fourth-order valence-electron chi connectivity index (χ4n) is 1.75. The van der Waals surface area contributed by atoms with E-state index in [0.717, 1.165) is 15.9 Å². The Bertz CT molecular complexity index is 671. The summed E-state index contributed by atoms with van der Waals surface area (Å²) in [6, 6.07) is 10.2. The third kappa shape index (κ3) is 1.74. The van der Waals surface area contributed by atoms with Crippen molar-refractivity contribution in [3.05, 3.63) is 52.9 Å². The zero-order chi connectivity index (χ0) is 11.8. The molecular weight excluding hydrogens is 278 g/mol. The van der Waals surface area contributed by atoms with Gasteiger partial charge in [0.05, 0.1) is 0 Å². The van der Waals surface area contributed by atoms with Gasteiger partial charge in [0.2, 0.25) is 5.78 Å². The third-order valence-corrected chi connectivity index (χ3v) is 3.43. The summed E-state index contributed by atoms with van der Waals surface area (Å²) in [5, 5.41) is 0. The summed E-state index contributed by atoms with van der Waals surface area (Å²) in [4.78, 5) is 8.74. The monoisotopic (exact) mass is 287 g/mol. The Hall–Kier alpha value is -1.68. The summed E-state index contributed by atoms with van der Waals surface area (Å²) in [5.41, 5.74) is 3.25. The highest BCUT2D eigenvalue weighted by Gasteiger charge is 2.11. The van der Waals surface area contributed by atoms with E-state index >= 15 is 0 Å². The lowest BCUT2D eigenvalue weighted by molar-refractivity contribution is 1.09. The molecule has 1 aromatic carbocycles. The van der Waals surface area contributed by atoms with E-state index in [4.69, 9.17) is 0 Å². The summed E-state index contributed by atoms with van der Waals surface area (Å²) in [7, 11) is 0. The Morgan fingerprint density at radius 3 is 2.65 bits per heavy atom. The summed E-state index contributed by atoms with van der Waals surface area (Å²) < 4.78 is 2.86. The molecule has 3 rings (SSSR count). The van der Waals surface area contributed by atoms with Crippen LogP contribution < -0.4 is 0 Å². The first kappa shape index (κ1) is 10.5. The van der Waals surface area contributed by atoms with Crippen molar-refractivity contribution < 1.29 is 0 Å². The van der Waals surface area contributed by atoms with Gasteiger partial charge in [0, 0.05) is 18.0 Å². The summed E-state index contributed by atoms with van der Waals surface area (Å²) >= 11 is 3.57. The molecule has 0 radical (unpaired) electrons. The molecule has 2 heterocycles. The SMILES string of the molecule is Cc1ccc(-c2nc3ncccn3c2Br)cc1. The van der Waals surface area contributed by atoms with E-state index in [9.17, 15) is 0 Å². The van der Waals surface area contributed by atoms with Gasteiger partial charge in [0.15, 0.2) is 0 Å². The number of benzene rings is 1.